The first-order valence-electron chi connectivity index (χ1n) is 5.63. The Morgan fingerprint density at radius 1 is 1.21 bits per heavy atom. The third kappa shape index (κ3) is 3.70. The van der Waals surface area contributed by atoms with Gasteiger partial charge in [0.05, 0.1) is 11.5 Å². The Morgan fingerprint density at radius 2 is 1.79 bits per heavy atom. The zero-order chi connectivity index (χ0) is 14.8. The first-order valence-corrected chi connectivity index (χ1v) is 5.63. The van der Waals surface area contributed by atoms with Gasteiger partial charge in [-0.05, 0) is 17.0 Å². The summed E-state index contributed by atoms with van der Waals surface area (Å²) in [5.41, 5.74) is 0.758. The Kier molecular flexibility index (Phi) is 4.25. The number of hydrazine groups is 1. The topological polar surface area (TPSA) is 55.1 Å². The molecular weight excluding hydrogens is 257 g/mol. The minimum Gasteiger partial charge on any atom is -0.293 e. The molecule has 0 atom stereocenters. The van der Waals surface area contributed by atoms with Crippen molar-refractivity contribution in [2.45, 2.75) is 26.9 Å². The van der Waals surface area contributed by atoms with Crippen LogP contribution in [0.15, 0.2) is 24.3 Å². The predicted octanol–water partition coefficient (Wildman–Crippen LogP) is 2.66. The van der Waals surface area contributed by atoms with Crippen molar-refractivity contribution in [1.29, 1.82) is 0 Å². The van der Waals surface area contributed by atoms with Crippen LogP contribution in [0, 0.1) is 11.3 Å². The van der Waals surface area contributed by atoms with Gasteiger partial charge in [0.2, 0.25) is 5.91 Å². The van der Waals surface area contributed by atoms with Crippen LogP contribution in [0.25, 0.3) is 0 Å². The van der Waals surface area contributed by atoms with E-state index in [4.69, 9.17) is 5.84 Å². The monoisotopic (exact) mass is 273 g/mol. The van der Waals surface area contributed by atoms with Crippen LogP contribution in [0.5, 0.6) is 0 Å². The van der Waals surface area contributed by atoms with Crippen molar-refractivity contribution >= 4 is 5.91 Å². The Hall–Kier alpha value is -1.56. The number of benzene rings is 1. The molecule has 1 aromatic carbocycles. The molecule has 1 radical (unpaired) electrons. The van der Waals surface area contributed by atoms with Gasteiger partial charge in [-0.3, -0.25) is 10.2 Å². The summed E-state index contributed by atoms with van der Waals surface area (Å²) in [6.07, 6.45) is -4.45. The number of amides is 1. The van der Waals surface area contributed by atoms with Crippen molar-refractivity contribution in [3.8, 4) is 0 Å². The van der Waals surface area contributed by atoms with Crippen LogP contribution in [0.2, 0.25) is 0 Å². The van der Waals surface area contributed by atoms with Gasteiger partial charge in [-0.2, -0.15) is 13.2 Å². The molecule has 0 unspecified atom stereocenters. The molecule has 3 nitrogen and oxygen atoms in total. The summed E-state index contributed by atoms with van der Waals surface area (Å²) in [5, 5.41) is 0. The van der Waals surface area contributed by atoms with E-state index in [1.165, 1.54) is 12.1 Å². The van der Waals surface area contributed by atoms with Crippen molar-refractivity contribution in [2.24, 2.45) is 11.3 Å². The third-order valence-electron chi connectivity index (χ3n) is 2.59. The SMILES string of the molecule is CC(C)(C)[C](C(=O)NN)c1cccc(C(F)(F)F)c1. The Balaban J connectivity index is 3.29. The maximum atomic E-state index is 12.7. The Bertz CT molecular complexity index is 464. The summed E-state index contributed by atoms with van der Waals surface area (Å²) in [7, 11) is 0. The summed E-state index contributed by atoms with van der Waals surface area (Å²) >= 11 is 0. The molecule has 1 rings (SSSR count). The number of nitrogens with two attached hydrogens (primary N) is 1. The molecule has 105 valence electrons. The van der Waals surface area contributed by atoms with Crippen molar-refractivity contribution < 1.29 is 18.0 Å². The highest BCUT2D eigenvalue weighted by Crippen LogP contribution is 2.37. The molecule has 0 aromatic heterocycles. The molecule has 0 bridgehead atoms. The number of rotatable bonds is 2. The van der Waals surface area contributed by atoms with E-state index in [1.54, 1.807) is 20.8 Å². The third-order valence-corrected chi connectivity index (χ3v) is 2.59. The second kappa shape index (κ2) is 5.21. The van der Waals surface area contributed by atoms with Crippen LogP contribution in [0.3, 0.4) is 0 Å². The lowest BCUT2D eigenvalue weighted by Gasteiger charge is -2.28. The average molecular weight is 273 g/mol. The number of nitrogens with one attached hydrogen (secondary N) is 1. The van der Waals surface area contributed by atoms with Crippen LogP contribution in [0.4, 0.5) is 13.2 Å². The van der Waals surface area contributed by atoms with Crippen LogP contribution in [0.1, 0.15) is 31.9 Å². The molecule has 0 heterocycles. The fourth-order valence-corrected chi connectivity index (χ4v) is 1.83. The lowest BCUT2D eigenvalue weighted by atomic mass is 9.75. The lowest BCUT2D eigenvalue weighted by Crippen LogP contribution is -2.40. The molecule has 0 aliphatic carbocycles. The van der Waals surface area contributed by atoms with Gasteiger partial charge in [0.25, 0.3) is 0 Å². The number of hydrogen-bond donors (Lipinski definition) is 2. The van der Waals surface area contributed by atoms with Gasteiger partial charge in [-0.15, -0.1) is 0 Å². The fourth-order valence-electron chi connectivity index (χ4n) is 1.83. The van der Waals surface area contributed by atoms with Gasteiger partial charge in [0.15, 0.2) is 0 Å². The van der Waals surface area contributed by atoms with Crippen molar-refractivity contribution in [3.05, 3.63) is 41.3 Å². The standard InChI is InChI=1S/C13H16F3N2O/c1-12(2,3)10(11(19)18-17)8-5-4-6-9(7-8)13(14,15)16/h4-7H,17H2,1-3H3,(H,18,19). The van der Waals surface area contributed by atoms with Crippen LogP contribution in [-0.2, 0) is 11.0 Å². The van der Waals surface area contributed by atoms with Gasteiger partial charge >= 0.3 is 6.18 Å². The normalized spacial score (nSPS) is 12.6. The smallest absolute Gasteiger partial charge is 0.293 e. The fraction of sp³-hybridized carbons (Fsp3) is 0.385. The van der Waals surface area contributed by atoms with Crippen LogP contribution >= 0.6 is 0 Å². The summed E-state index contributed by atoms with van der Waals surface area (Å²) in [5.74, 6) is 4.71. The Labute approximate surface area is 110 Å². The molecule has 6 heteroatoms. The van der Waals surface area contributed by atoms with Gasteiger partial charge < -0.3 is 0 Å². The van der Waals surface area contributed by atoms with Crippen LogP contribution in [-0.4, -0.2) is 5.91 Å². The molecule has 1 amide bonds. The molecule has 3 N–H and O–H groups in total. The highest BCUT2D eigenvalue weighted by molar-refractivity contribution is 5.94. The van der Waals surface area contributed by atoms with Crippen molar-refractivity contribution in [2.75, 3.05) is 0 Å². The number of carbonyl (C=O) groups excluding carboxylic acids is 1. The second-order valence-electron chi connectivity index (χ2n) is 5.18. The van der Waals surface area contributed by atoms with E-state index < -0.39 is 23.1 Å². The van der Waals surface area contributed by atoms with E-state index in [2.05, 4.69) is 0 Å². The molecule has 1 aromatic rings. The molecule has 0 spiro atoms. The average Bonchev–Trinajstić information content (AvgIpc) is 2.26. The first-order chi connectivity index (χ1) is 8.57. The summed E-state index contributed by atoms with van der Waals surface area (Å²) < 4.78 is 38.0. The molecule has 19 heavy (non-hydrogen) atoms. The molecule has 0 saturated heterocycles. The first kappa shape index (κ1) is 15.5. The minimum atomic E-state index is -4.45. The largest absolute Gasteiger partial charge is 0.416 e. The summed E-state index contributed by atoms with van der Waals surface area (Å²) in [4.78, 5) is 11.8. The van der Waals surface area contributed by atoms with E-state index in [9.17, 15) is 18.0 Å². The van der Waals surface area contributed by atoms with Crippen LogP contribution < -0.4 is 11.3 Å². The number of alkyl halides is 3. The number of hydrogen-bond acceptors (Lipinski definition) is 2. The highest BCUT2D eigenvalue weighted by atomic mass is 19.4. The Morgan fingerprint density at radius 3 is 2.21 bits per heavy atom. The van der Waals surface area contributed by atoms with Gasteiger partial charge in [0, 0.05) is 0 Å². The van der Waals surface area contributed by atoms with Gasteiger partial charge in [0.1, 0.15) is 0 Å². The zero-order valence-corrected chi connectivity index (χ0v) is 10.9. The van der Waals surface area contributed by atoms with Gasteiger partial charge in [-0.25, -0.2) is 5.84 Å². The molecule has 0 aliphatic heterocycles. The molecule has 0 saturated carbocycles. The lowest BCUT2D eigenvalue weighted by molar-refractivity contribution is -0.137. The van der Waals surface area contributed by atoms with Crippen molar-refractivity contribution in [1.82, 2.24) is 5.43 Å². The number of carbonyl (C=O) groups is 1. The zero-order valence-electron chi connectivity index (χ0n) is 10.9. The van der Waals surface area contributed by atoms with Gasteiger partial charge in [-0.1, -0.05) is 39.0 Å². The van der Waals surface area contributed by atoms with E-state index >= 15 is 0 Å². The van der Waals surface area contributed by atoms with E-state index in [0.717, 1.165) is 12.1 Å². The van der Waals surface area contributed by atoms with E-state index in [0.29, 0.717) is 0 Å². The van der Waals surface area contributed by atoms with E-state index in [1.807, 2.05) is 5.43 Å². The minimum absolute atomic E-state index is 0.209. The second-order valence-corrected chi connectivity index (χ2v) is 5.18. The number of halogens is 3. The molecule has 0 aliphatic rings. The highest BCUT2D eigenvalue weighted by Gasteiger charge is 2.36. The van der Waals surface area contributed by atoms with E-state index in [-0.39, 0.29) is 11.5 Å². The molecular formula is C13H16F3N2O. The molecule has 0 fully saturated rings. The van der Waals surface area contributed by atoms with Crippen molar-refractivity contribution in [3.63, 3.8) is 0 Å². The predicted molar refractivity (Wildman–Crippen MR) is 65.6 cm³/mol. The summed E-state index contributed by atoms with van der Waals surface area (Å²) in [6.45, 7) is 5.20. The summed E-state index contributed by atoms with van der Waals surface area (Å²) in [6, 6.07) is 4.65. The maximum absolute atomic E-state index is 12.7. The quantitative estimate of drug-likeness (QED) is 0.494. The maximum Gasteiger partial charge on any atom is 0.416 e.